The number of aromatic amines is 1. The third-order valence-corrected chi connectivity index (χ3v) is 3.34. The van der Waals surface area contributed by atoms with E-state index in [-0.39, 0.29) is 0 Å². The molecule has 0 amide bonds. The molecule has 7 heteroatoms. The summed E-state index contributed by atoms with van der Waals surface area (Å²) in [5.74, 6) is 1.88. The molecule has 2 heterocycles. The molecule has 0 fully saturated rings. The Balaban J connectivity index is 1.72. The Morgan fingerprint density at radius 3 is 2.96 bits per heavy atom. The number of H-pyrrole nitrogens is 1. The van der Waals surface area contributed by atoms with Gasteiger partial charge in [0.1, 0.15) is 5.75 Å². The van der Waals surface area contributed by atoms with Crippen LogP contribution in [0.3, 0.4) is 0 Å². The first kappa shape index (κ1) is 15.3. The van der Waals surface area contributed by atoms with Crippen LogP contribution in [0.5, 0.6) is 5.75 Å². The summed E-state index contributed by atoms with van der Waals surface area (Å²) in [5, 5.41) is 9.99. The maximum absolute atomic E-state index is 5.65. The van der Waals surface area contributed by atoms with Gasteiger partial charge in [-0.05, 0) is 30.7 Å². The summed E-state index contributed by atoms with van der Waals surface area (Å²) >= 11 is 5.65. The number of hydrogen-bond donors (Lipinski definition) is 2. The standard InChI is InChI=1S/C16H16ClN5O/c17-7-2-10-23-13-4-1-3-12(11-13)20-16-18-8-5-14(21-16)15-6-9-19-22-15/h1,3-6,8-9,11H,2,7,10H2,(H,19,22)(H,18,20,21). The van der Waals surface area contributed by atoms with Gasteiger partial charge in [-0.25, -0.2) is 9.97 Å². The van der Waals surface area contributed by atoms with E-state index in [1.165, 1.54) is 0 Å². The van der Waals surface area contributed by atoms with Gasteiger partial charge in [0.15, 0.2) is 0 Å². The lowest BCUT2D eigenvalue weighted by Gasteiger charge is -2.09. The van der Waals surface area contributed by atoms with E-state index in [1.807, 2.05) is 36.4 Å². The topological polar surface area (TPSA) is 75.7 Å². The molecule has 2 aromatic heterocycles. The second-order valence-corrected chi connectivity index (χ2v) is 5.16. The number of aromatic nitrogens is 4. The van der Waals surface area contributed by atoms with E-state index in [2.05, 4.69) is 25.5 Å². The van der Waals surface area contributed by atoms with Gasteiger partial charge in [-0.3, -0.25) is 5.10 Å². The van der Waals surface area contributed by atoms with Crippen LogP contribution in [-0.4, -0.2) is 32.7 Å². The molecule has 23 heavy (non-hydrogen) atoms. The Morgan fingerprint density at radius 2 is 2.13 bits per heavy atom. The van der Waals surface area contributed by atoms with Crippen molar-refractivity contribution in [2.45, 2.75) is 6.42 Å². The first-order valence-corrected chi connectivity index (χ1v) is 7.77. The Labute approximate surface area is 138 Å². The first-order chi connectivity index (χ1) is 11.3. The maximum Gasteiger partial charge on any atom is 0.227 e. The molecule has 0 saturated carbocycles. The average molecular weight is 330 g/mol. The third-order valence-electron chi connectivity index (χ3n) is 3.07. The molecule has 0 aliphatic rings. The molecule has 0 bridgehead atoms. The van der Waals surface area contributed by atoms with E-state index in [0.29, 0.717) is 18.4 Å². The highest BCUT2D eigenvalue weighted by molar-refractivity contribution is 6.17. The number of halogens is 1. The molecular weight excluding hydrogens is 314 g/mol. The summed E-state index contributed by atoms with van der Waals surface area (Å²) in [7, 11) is 0. The average Bonchev–Trinajstić information content (AvgIpc) is 3.10. The van der Waals surface area contributed by atoms with E-state index in [4.69, 9.17) is 16.3 Å². The number of ether oxygens (including phenoxy) is 1. The normalized spacial score (nSPS) is 10.5. The summed E-state index contributed by atoms with van der Waals surface area (Å²) in [4.78, 5) is 8.70. The SMILES string of the molecule is ClCCCOc1cccc(Nc2nccc(-c3ccn[nH]3)n2)c1. The van der Waals surface area contributed by atoms with Crippen molar-refractivity contribution in [2.24, 2.45) is 0 Å². The highest BCUT2D eigenvalue weighted by Crippen LogP contribution is 2.21. The number of nitrogens with one attached hydrogen (secondary N) is 2. The highest BCUT2D eigenvalue weighted by atomic mass is 35.5. The number of nitrogens with zero attached hydrogens (tertiary/aromatic N) is 3. The lowest BCUT2D eigenvalue weighted by atomic mass is 10.3. The number of benzene rings is 1. The number of hydrogen-bond acceptors (Lipinski definition) is 5. The van der Waals surface area contributed by atoms with Crippen molar-refractivity contribution in [1.82, 2.24) is 20.2 Å². The number of anilines is 2. The fraction of sp³-hybridized carbons (Fsp3) is 0.188. The summed E-state index contributed by atoms with van der Waals surface area (Å²) in [6.07, 6.45) is 4.20. The van der Waals surface area contributed by atoms with Gasteiger partial charge in [-0.1, -0.05) is 6.07 Å². The fourth-order valence-electron chi connectivity index (χ4n) is 2.00. The molecule has 6 nitrogen and oxygen atoms in total. The van der Waals surface area contributed by atoms with Crippen LogP contribution in [0.15, 0.2) is 48.8 Å². The fourth-order valence-corrected chi connectivity index (χ4v) is 2.11. The van der Waals surface area contributed by atoms with Gasteiger partial charge in [0.2, 0.25) is 5.95 Å². The molecule has 0 saturated heterocycles. The van der Waals surface area contributed by atoms with Gasteiger partial charge in [-0.15, -0.1) is 11.6 Å². The predicted molar refractivity (Wildman–Crippen MR) is 90.2 cm³/mol. The van der Waals surface area contributed by atoms with Gasteiger partial charge in [0.25, 0.3) is 0 Å². The van der Waals surface area contributed by atoms with Gasteiger partial charge in [0.05, 0.1) is 18.0 Å². The molecule has 0 spiro atoms. The Kier molecular flexibility index (Phi) is 5.06. The number of rotatable bonds is 7. The van der Waals surface area contributed by atoms with Crippen molar-refractivity contribution in [3.63, 3.8) is 0 Å². The zero-order valence-corrected chi connectivity index (χ0v) is 13.1. The van der Waals surface area contributed by atoms with Crippen LogP contribution in [0.2, 0.25) is 0 Å². The van der Waals surface area contributed by atoms with Crippen LogP contribution in [0, 0.1) is 0 Å². The van der Waals surface area contributed by atoms with Gasteiger partial charge < -0.3 is 10.1 Å². The van der Waals surface area contributed by atoms with Crippen molar-refractivity contribution in [2.75, 3.05) is 17.8 Å². The van der Waals surface area contributed by atoms with Crippen molar-refractivity contribution < 1.29 is 4.74 Å². The van der Waals surface area contributed by atoms with Gasteiger partial charge >= 0.3 is 0 Å². The molecule has 0 unspecified atom stereocenters. The minimum atomic E-state index is 0.509. The molecule has 0 aliphatic heterocycles. The molecule has 1 aromatic carbocycles. The molecule has 3 rings (SSSR count). The summed E-state index contributed by atoms with van der Waals surface area (Å²) in [6.45, 7) is 0.596. The Morgan fingerprint density at radius 1 is 1.17 bits per heavy atom. The van der Waals surface area contributed by atoms with Crippen LogP contribution in [0.4, 0.5) is 11.6 Å². The minimum absolute atomic E-state index is 0.509. The Hall–Kier alpha value is -2.60. The first-order valence-electron chi connectivity index (χ1n) is 7.24. The van der Waals surface area contributed by atoms with Gasteiger partial charge in [-0.2, -0.15) is 5.10 Å². The lowest BCUT2D eigenvalue weighted by Crippen LogP contribution is -2.00. The second-order valence-electron chi connectivity index (χ2n) is 4.78. The van der Waals surface area contributed by atoms with Crippen molar-refractivity contribution in [1.29, 1.82) is 0 Å². The molecule has 2 N–H and O–H groups in total. The smallest absolute Gasteiger partial charge is 0.227 e. The van der Waals surface area contributed by atoms with Crippen LogP contribution >= 0.6 is 11.6 Å². The third kappa shape index (κ3) is 4.20. The lowest BCUT2D eigenvalue weighted by molar-refractivity contribution is 0.318. The zero-order chi connectivity index (χ0) is 15.9. The van der Waals surface area contributed by atoms with Gasteiger partial charge in [0, 0.05) is 30.0 Å². The van der Waals surface area contributed by atoms with Crippen molar-refractivity contribution >= 4 is 23.2 Å². The monoisotopic (exact) mass is 329 g/mol. The molecule has 118 valence electrons. The Bertz CT molecular complexity index is 748. The quantitative estimate of drug-likeness (QED) is 0.511. The second kappa shape index (κ2) is 7.60. The zero-order valence-electron chi connectivity index (χ0n) is 12.4. The number of alkyl halides is 1. The molecule has 0 atom stereocenters. The maximum atomic E-state index is 5.65. The van der Waals surface area contributed by atoms with Crippen LogP contribution in [0.1, 0.15) is 6.42 Å². The summed E-state index contributed by atoms with van der Waals surface area (Å²) in [5.41, 5.74) is 2.47. The van der Waals surface area contributed by atoms with Crippen molar-refractivity contribution in [3.05, 3.63) is 48.8 Å². The van der Waals surface area contributed by atoms with Crippen LogP contribution in [-0.2, 0) is 0 Å². The van der Waals surface area contributed by atoms with E-state index in [1.54, 1.807) is 12.4 Å². The van der Waals surface area contributed by atoms with E-state index < -0.39 is 0 Å². The predicted octanol–water partition coefficient (Wildman–Crippen LogP) is 3.62. The van der Waals surface area contributed by atoms with Crippen LogP contribution < -0.4 is 10.1 Å². The summed E-state index contributed by atoms with van der Waals surface area (Å²) < 4.78 is 5.63. The van der Waals surface area contributed by atoms with E-state index in [0.717, 1.165) is 29.2 Å². The van der Waals surface area contributed by atoms with E-state index >= 15 is 0 Å². The molecule has 0 radical (unpaired) electrons. The molecule has 3 aromatic rings. The molecular formula is C16H16ClN5O. The van der Waals surface area contributed by atoms with Crippen molar-refractivity contribution in [3.8, 4) is 17.1 Å². The highest BCUT2D eigenvalue weighted by Gasteiger charge is 2.04. The minimum Gasteiger partial charge on any atom is -0.493 e. The van der Waals surface area contributed by atoms with Crippen LogP contribution in [0.25, 0.3) is 11.4 Å². The van der Waals surface area contributed by atoms with E-state index in [9.17, 15) is 0 Å². The summed E-state index contributed by atoms with van der Waals surface area (Å²) in [6, 6.07) is 11.3. The largest absolute Gasteiger partial charge is 0.493 e. The molecule has 0 aliphatic carbocycles.